The number of carbonyl (C=O) groups is 4. The van der Waals surface area contributed by atoms with Crippen molar-refractivity contribution in [2.45, 2.75) is 31.0 Å². The molecule has 210 valence electrons. The molecule has 9 nitrogen and oxygen atoms in total. The molecule has 9 heteroatoms. The Morgan fingerprint density at radius 3 is 2.12 bits per heavy atom. The fourth-order valence-corrected chi connectivity index (χ4v) is 5.95. The van der Waals surface area contributed by atoms with Gasteiger partial charge < -0.3 is 16.2 Å². The minimum atomic E-state index is -1.70. The first-order valence-corrected chi connectivity index (χ1v) is 13.6. The third-order valence-corrected chi connectivity index (χ3v) is 7.92. The van der Waals surface area contributed by atoms with Crippen molar-refractivity contribution in [1.29, 1.82) is 0 Å². The van der Waals surface area contributed by atoms with Gasteiger partial charge in [0.05, 0.1) is 18.4 Å². The molecule has 4 atom stereocenters. The predicted octanol–water partition coefficient (Wildman–Crippen LogP) is 3.57. The predicted molar refractivity (Wildman–Crippen MR) is 154 cm³/mol. The van der Waals surface area contributed by atoms with Crippen molar-refractivity contribution in [3.8, 4) is 0 Å². The number of carboxylic acid groups (broad SMARTS) is 1. The van der Waals surface area contributed by atoms with Crippen LogP contribution in [0.1, 0.15) is 41.1 Å². The highest BCUT2D eigenvalue weighted by Crippen LogP contribution is 2.50. The first kappa shape index (κ1) is 27.8. The summed E-state index contributed by atoms with van der Waals surface area (Å²) in [6.07, 6.45) is 4.25. The third-order valence-electron chi connectivity index (χ3n) is 7.92. The highest BCUT2D eigenvalue weighted by Gasteiger charge is 2.68. The zero-order valence-corrected chi connectivity index (χ0v) is 22.4. The first-order chi connectivity index (χ1) is 19.8. The second-order valence-electron chi connectivity index (χ2n) is 10.5. The number of nitrogens with one attached hydrogen (secondary N) is 2. The molecule has 5 N–H and O–H groups in total. The van der Waals surface area contributed by atoms with E-state index in [2.05, 4.69) is 10.6 Å². The molecule has 0 radical (unpaired) electrons. The minimum Gasteiger partial charge on any atom is -0.480 e. The molecule has 4 unspecified atom stereocenters. The van der Waals surface area contributed by atoms with Gasteiger partial charge in [-0.05, 0) is 35.1 Å². The minimum absolute atomic E-state index is 0.0242. The second kappa shape index (κ2) is 11.8. The number of carbonyl (C=O) groups excluding carboxylic acids is 3. The summed E-state index contributed by atoms with van der Waals surface area (Å²) in [5.41, 5.74) is 6.97. The fraction of sp³-hybridized carbons (Fsp3) is 0.250. The van der Waals surface area contributed by atoms with Gasteiger partial charge in [0.1, 0.15) is 5.54 Å². The summed E-state index contributed by atoms with van der Waals surface area (Å²) in [5.74, 6) is -4.11. The molecule has 0 aromatic heterocycles. The molecule has 3 aromatic rings. The lowest BCUT2D eigenvalue weighted by Gasteiger charge is -2.31. The van der Waals surface area contributed by atoms with Gasteiger partial charge in [0, 0.05) is 12.6 Å². The van der Waals surface area contributed by atoms with Crippen molar-refractivity contribution in [3.05, 3.63) is 107 Å². The number of hydrogen-bond donors (Lipinski definition) is 4. The van der Waals surface area contributed by atoms with Crippen LogP contribution >= 0.6 is 0 Å². The van der Waals surface area contributed by atoms with Crippen molar-refractivity contribution in [2.24, 2.45) is 17.6 Å². The molecule has 0 saturated carbocycles. The summed E-state index contributed by atoms with van der Waals surface area (Å²) in [4.78, 5) is 52.9. The van der Waals surface area contributed by atoms with Gasteiger partial charge in [0.15, 0.2) is 0 Å². The summed E-state index contributed by atoms with van der Waals surface area (Å²) < 4.78 is 0. The molecule has 2 heterocycles. The number of likely N-dealkylation sites (tertiary alicyclic amines) is 1. The first-order valence-electron chi connectivity index (χ1n) is 13.6. The normalized spacial score (nSPS) is 23.6. The Morgan fingerprint density at radius 2 is 1.51 bits per heavy atom. The standard InChI is InChI=1S/C32H32N4O5/c33-31(41)34-19-7-18-32(30(39)40)26-25(28(37)36(29(26)38)20-23-10-5-2-6-11-23)27(35-32)24-16-14-22(15-17-24)13-12-21-8-3-1-4-9-21/h1-6,8-17,25-27,35H,7,18-20H2,(H,39,40)(H3,33,34,41). The lowest BCUT2D eigenvalue weighted by atomic mass is 9.77. The van der Waals surface area contributed by atoms with Crippen LogP contribution in [0.5, 0.6) is 0 Å². The van der Waals surface area contributed by atoms with Gasteiger partial charge >= 0.3 is 12.0 Å². The van der Waals surface area contributed by atoms with E-state index in [0.29, 0.717) is 0 Å². The van der Waals surface area contributed by atoms with Crippen LogP contribution < -0.4 is 16.4 Å². The van der Waals surface area contributed by atoms with Crippen LogP contribution in [0.2, 0.25) is 0 Å². The Hall–Kier alpha value is -4.76. The maximum atomic E-state index is 13.8. The third kappa shape index (κ3) is 5.62. The summed E-state index contributed by atoms with van der Waals surface area (Å²) in [6, 6.07) is 25.2. The summed E-state index contributed by atoms with van der Waals surface area (Å²) in [5, 5.41) is 16.2. The van der Waals surface area contributed by atoms with Crippen LogP contribution in [-0.2, 0) is 20.9 Å². The largest absolute Gasteiger partial charge is 0.480 e. The van der Waals surface area contributed by atoms with Gasteiger partial charge in [-0.3, -0.25) is 24.6 Å². The average Bonchev–Trinajstić information content (AvgIpc) is 3.45. The van der Waals surface area contributed by atoms with Gasteiger partial charge in [-0.25, -0.2) is 4.79 Å². The SMILES string of the molecule is NC(=O)NCCCC1(C(=O)O)NC(c2ccc(C=Cc3ccccc3)cc2)C2C(=O)N(Cc3ccccc3)C(=O)C21. The number of amides is 4. The molecule has 2 aliphatic rings. The van der Waals surface area contributed by atoms with Crippen molar-refractivity contribution in [1.82, 2.24) is 15.5 Å². The molecule has 2 saturated heterocycles. The van der Waals surface area contributed by atoms with Crippen molar-refractivity contribution in [3.63, 3.8) is 0 Å². The highest BCUT2D eigenvalue weighted by atomic mass is 16.4. The van der Waals surface area contributed by atoms with Crippen molar-refractivity contribution >= 4 is 36.0 Å². The van der Waals surface area contributed by atoms with Gasteiger partial charge in [0.2, 0.25) is 11.8 Å². The monoisotopic (exact) mass is 552 g/mol. The molecule has 2 fully saturated rings. The number of primary amides is 1. The second-order valence-corrected chi connectivity index (χ2v) is 10.5. The zero-order valence-electron chi connectivity index (χ0n) is 22.4. The molecular formula is C32H32N4O5. The van der Waals surface area contributed by atoms with E-state index in [4.69, 9.17) is 5.73 Å². The molecule has 0 spiro atoms. The molecule has 0 bridgehead atoms. The maximum Gasteiger partial charge on any atom is 0.324 e. The van der Waals surface area contributed by atoms with E-state index in [0.717, 1.165) is 22.3 Å². The number of fused-ring (bicyclic) bond motifs is 1. The van der Waals surface area contributed by atoms with Crippen molar-refractivity contribution in [2.75, 3.05) is 6.54 Å². The lowest BCUT2D eigenvalue weighted by Crippen LogP contribution is -2.56. The Balaban J connectivity index is 1.46. The number of imide groups is 1. The molecule has 0 aliphatic carbocycles. The molecule has 4 amide bonds. The number of aliphatic carboxylic acids is 1. The number of nitrogens with two attached hydrogens (primary N) is 1. The van der Waals surface area contributed by atoms with E-state index in [9.17, 15) is 24.3 Å². The average molecular weight is 553 g/mol. The number of urea groups is 1. The van der Waals surface area contributed by atoms with E-state index < -0.39 is 47.2 Å². The maximum absolute atomic E-state index is 13.8. The lowest BCUT2D eigenvalue weighted by molar-refractivity contribution is -0.152. The van der Waals surface area contributed by atoms with Crippen LogP contribution in [0.25, 0.3) is 12.2 Å². The summed E-state index contributed by atoms with van der Waals surface area (Å²) in [6.45, 7) is 0.215. The van der Waals surface area contributed by atoms with Gasteiger partial charge in [-0.1, -0.05) is 97.1 Å². The number of rotatable bonds is 10. The quantitative estimate of drug-likeness (QED) is 0.172. The van der Waals surface area contributed by atoms with E-state index >= 15 is 0 Å². The topological polar surface area (TPSA) is 142 Å². The van der Waals surface area contributed by atoms with Gasteiger partial charge in [-0.15, -0.1) is 0 Å². The van der Waals surface area contributed by atoms with Crippen LogP contribution in [0.3, 0.4) is 0 Å². The smallest absolute Gasteiger partial charge is 0.324 e. The fourth-order valence-electron chi connectivity index (χ4n) is 5.95. The van der Waals surface area contributed by atoms with Crippen LogP contribution in [0, 0.1) is 11.8 Å². The van der Waals surface area contributed by atoms with Crippen LogP contribution in [0.15, 0.2) is 84.9 Å². The molecule has 2 aliphatic heterocycles. The summed E-state index contributed by atoms with van der Waals surface area (Å²) >= 11 is 0. The van der Waals surface area contributed by atoms with Crippen LogP contribution in [0.4, 0.5) is 4.79 Å². The summed E-state index contributed by atoms with van der Waals surface area (Å²) in [7, 11) is 0. The Morgan fingerprint density at radius 1 is 0.902 bits per heavy atom. The highest BCUT2D eigenvalue weighted by molar-refractivity contribution is 6.09. The van der Waals surface area contributed by atoms with Gasteiger partial charge in [0.25, 0.3) is 0 Å². The molecule has 41 heavy (non-hydrogen) atoms. The molecule has 3 aromatic carbocycles. The van der Waals surface area contributed by atoms with E-state index in [1.807, 2.05) is 97.1 Å². The zero-order chi connectivity index (χ0) is 29.0. The van der Waals surface area contributed by atoms with E-state index in [1.165, 1.54) is 4.90 Å². The Kier molecular flexibility index (Phi) is 7.98. The number of carboxylic acids is 1. The van der Waals surface area contributed by atoms with E-state index in [-0.39, 0.29) is 25.9 Å². The number of benzene rings is 3. The molecule has 5 rings (SSSR count). The number of nitrogens with zero attached hydrogens (tertiary/aromatic N) is 1. The number of hydrogen-bond acceptors (Lipinski definition) is 5. The Labute approximate surface area is 238 Å². The van der Waals surface area contributed by atoms with Crippen LogP contribution in [-0.4, -0.2) is 45.9 Å². The molecular weight excluding hydrogens is 520 g/mol. The van der Waals surface area contributed by atoms with E-state index in [1.54, 1.807) is 0 Å². The van der Waals surface area contributed by atoms with Gasteiger partial charge in [-0.2, -0.15) is 0 Å². The van der Waals surface area contributed by atoms with Crippen molar-refractivity contribution < 1.29 is 24.3 Å². The Bertz CT molecular complexity index is 1460.